The molecule has 4 aromatic rings. The highest BCUT2D eigenvalue weighted by atomic mass is 32.2. The van der Waals surface area contributed by atoms with Crippen LogP contribution in [0.5, 0.6) is 5.75 Å². The Morgan fingerprint density at radius 1 is 1.12 bits per heavy atom. The van der Waals surface area contributed by atoms with E-state index >= 15 is 0 Å². The van der Waals surface area contributed by atoms with E-state index in [2.05, 4.69) is 15.5 Å². The summed E-state index contributed by atoms with van der Waals surface area (Å²) in [4.78, 5) is 12.5. The van der Waals surface area contributed by atoms with Crippen LogP contribution >= 0.6 is 11.8 Å². The number of ether oxygens (including phenoxy) is 1. The van der Waals surface area contributed by atoms with Gasteiger partial charge in [0.1, 0.15) is 12.4 Å². The predicted molar refractivity (Wildman–Crippen MR) is 118 cm³/mol. The van der Waals surface area contributed by atoms with Crippen molar-refractivity contribution in [2.45, 2.75) is 30.5 Å². The van der Waals surface area contributed by atoms with Crippen molar-refractivity contribution in [1.82, 2.24) is 20.1 Å². The van der Waals surface area contributed by atoms with Crippen molar-refractivity contribution in [2.24, 2.45) is 0 Å². The molecule has 2 aromatic carbocycles. The molecule has 9 heteroatoms. The van der Waals surface area contributed by atoms with Crippen molar-refractivity contribution in [2.75, 3.05) is 0 Å². The van der Waals surface area contributed by atoms with Crippen LogP contribution in [-0.2, 0) is 17.9 Å². The summed E-state index contributed by atoms with van der Waals surface area (Å²) in [5, 5.41) is 11.4. The van der Waals surface area contributed by atoms with Gasteiger partial charge in [-0.05, 0) is 43.3 Å². The minimum absolute atomic E-state index is 0.0163. The SMILES string of the molecule is CC(Sc1nnc(COc2ccccc2F)n1-c1ccccc1)C(=O)NCc1ccco1. The third-order valence-electron chi connectivity index (χ3n) is 4.58. The topological polar surface area (TPSA) is 82.2 Å². The number of rotatable bonds is 9. The number of para-hydroxylation sites is 2. The summed E-state index contributed by atoms with van der Waals surface area (Å²) in [5.74, 6) is 0.698. The maximum absolute atomic E-state index is 13.9. The molecular weight excluding hydrogens is 431 g/mol. The number of carbonyl (C=O) groups excluding carboxylic acids is 1. The number of carbonyl (C=O) groups is 1. The molecular formula is C23H21FN4O3S. The number of thioether (sulfide) groups is 1. The molecule has 2 heterocycles. The summed E-state index contributed by atoms with van der Waals surface area (Å²) in [5.41, 5.74) is 0.815. The third-order valence-corrected chi connectivity index (χ3v) is 5.62. The second-order valence-electron chi connectivity index (χ2n) is 6.85. The van der Waals surface area contributed by atoms with Crippen molar-refractivity contribution >= 4 is 17.7 Å². The predicted octanol–water partition coefficient (Wildman–Crippen LogP) is 4.38. The van der Waals surface area contributed by atoms with E-state index in [1.165, 1.54) is 17.8 Å². The molecule has 1 N–H and O–H groups in total. The average Bonchev–Trinajstić information content (AvgIpc) is 3.47. The van der Waals surface area contributed by atoms with Crippen LogP contribution in [0.3, 0.4) is 0 Å². The number of amides is 1. The first-order valence-corrected chi connectivity index (χ1v) is 10.8. The van der Waals surface area contributed by atoms with Gasteiger partial charge in [-0.15, -0.1) is 10.2 Å². The Bertz CT molecular complexity index is 1170. The quantitative estimate of drug-likeness (QED) is 0.380. The smallest absolute Gasteiger partial charge is 0.233 e. The molecule has 0 aliphatic rings. The second kappa shape index (κ2) is 10.1. The van der Waals surface area contributed by atoms with Crippen molar-refractivity contribution in [3.8, 4) is 11.4 Å². The fourth-order valence-electron chi connectivity index (χ4n) is 2.95. The monoisotopic (exact) mass is 452 g/mol. The zero-order chi connectivity index (χ0) is 22.3. The standard InChI is InChI=1S/C23H21FN4O3S/c1-16(22(29)25-14-18-10-7-13-30-18)32-23-27-26-21(28(23)17-8-3-2-4-9-17)15-31-20-12-6-5-11-19(20)24/h2-13,16H,14-15H2,1H3,(H,25,29). The van der Waals surface area contributed by atoms with E-state index in [-0.39, 0.29) is 18.3 Å². The van der Waals surface area contributed by atoms with Crippen LogP contribution in [0.4, 0.5) is 4.39 Å². The molecule has 2 aromatic heterocycles. The van der Waals surface area contributed by atoms with Crippen LogP contribution in [-0.4, -0.2) is 25.9 Å². The molecule has 1 atom stereocenters. The first kappa shape index (κ1) is 21.6. The number of furan rings is 1. The Balaban J connectivity index is 1.51. The second-order valence-corrected chi connectivity index (χ2v) is 8.15. The van der Waals surface area contributed by atoms with E-state index in [4.69, 9.17) is 9.15 Å². The fourth-order valence-corrected chi connectivity index (χ4v) is 3.86. The van der Waals surface area contributed by atoms with Gasteiger partial charge < -0.3 is 14.5 Å². The minimum atomic E-state index is -0.449. The van der Waals surface area contributed by atoms with Gasteiger partial charge in [0.05, 0.1) is 18.1 Å². The molecule has 7 nitrogen and oxygen atoms in total. The number of aromatic nitrogens is 3. The van der Waals surface area contributed by atoms with Crippen molar-refractivity contribution in [3.05, 3.63) is 90.4 Å². The molecule has 0 aliphatic carbocycles. The number of halogens is 1. The van der Waals surface area contributed by atoms with Gasteiger partial charge in [0.25, 0.3) is 0 Å². The highest BCUT2D eigenvalue weighted by Gasteiger charge is 2.21. The van der Waals surface area contributed by atoms with E-state index < -0.39 is 11.1 Å². The largest absolute Gasteiger partial charge is 0.483 e. The molecule has 0 saturated heterocycles. The minimum Gasteiger partial charge on any atom is -0.483 e. The van der Waals surface area contributed by atoms with Crippen molar-refractivity contribution in [1.29, 1.82) is 0 Å². The lowest BCUT2D eigenvalue weighted by Gasteiger charge is -2.14. The first-order chi connectivity index (χ1) is 15.6. The van der Waals surface area contributed by atoms with E-state index in [1.807, 2.05) is 34.9 Å². The molecule has 0 fully saturated rings. The number of hydrogen-bond acceptors (Lipinski definition) is 6. The first-order valence-electron chi connectivity index (χ1n) is 9.95. The maximum Gasteiger partial charge on any atom is 0.233 e. The molecule has 0 radical (unpaired) electrons. The molecule has 4 rings (SSSR count). The Kier molecular flexibility index (Phi) is 6.86. The van der Waals surface area contributed by atoms with Gasteiger partial charge >= 0.3 is 0 Å². The van der Waals surface area contributed by atoms with Crippen LogP contribution in [0.15, 0.2) is 82.6 Å². The van der Waals surface area contributed by atoms with Crippen LogP contribution in [0, 0.1) is 5.82 Å². The maximum atomic E-state index is 13.9. The zero-order valence-electron chi connectivity index (χ0n) is 17.3. The molecule has 0 spiro atoms. The van der Waals surface area contributed by atoms with Gasteiger partial charge in [0.2, 0.25) is 5.91 Å². The van der Waals surface area contributed by atoms with Crippen LogP contribution < -0.4 is 10.1 Å². The third kappa shape index (κ3) is 5.17. The Morgan fingerprint density at radius 2 is 1.91 bits per heavy atom. The van der Waals surface area contributed by atoms with E-state index in [1.54, 1.807) is 43.5 Å². The molecule has 0 aliphatic heterocycles. The summed E-state index contributed by atoms with van der Waals surface area (Å²) >= 11 is 1.27. The molecule has 164 valence electrons. The normalized spacial score (nSPS) is 11.8. The molecule has 0 saturated carbocycles. The lowest BCUT2D eigenvalue weighted by molar-refractivity contribution is -0.120. The summed E-state index contributed by atoms with van der Waals surface area (Å²) in [6.45, 7) is 2.12. The number of nitrogens with one attached hydrogen (secondary N) is 1. The van der Waals surface area contributed by atoms with E-state index in [0.29, 0.717) is 23.3 Å². The fraction of sp³-hybridized carbons (Fsp3) is 0.174. The van der Waals surface area contributed by atoms with E-state index in [9.17, 15) is 9.18 Å². The molecule has 32 heavy (non-hydrogen) atoms. The number of benzene rings is 2. The van der Waals surface area contributed by atoms with Crippen LogP contribution in [0.1, 0.15) is 18.5 Å². The highest BCUT2D eigenvalue weighted by Crippen LogP contribution is 2.27. The molecule has 1 amide bonds. The van der Waals surface area contributed by atoms with Gasteiger partial charge in [-0.1, -0.05) is 42.1 Å². The molecule has 1 unspecified atom stereocenters. The Hall–Kier alpha value is -3.59. The summed E-state index contributed by atoms with van der Waals surface area (Å²) < 4.78 is 26.6. The van der Waals surface area contributed by atoms with Crippen LogP contribution in [0.25, 0.3) is 5.69 Å². The Morgan fingerprint density at radius 3 is 2.66 bits per heavy atom. The van der Waals surface area contributed by atoms with Crippen molar-refractivity contribution in [3.63, 3.8) is 0 Å². The number of nitrogens with zero attached hydrogens (tertiary/aromatic N) is 3. The van der Waals surface area contributed by atoms with Gasteiger partial charge in [0.15, 0.2) is 22.5 Å². The lowest BCUT2D eigenvalue weighted by atomic mass is 10.3. The van der Waals surface area contributed by atoms with Gasteiger partial charge in [-0.25, -0.2) is 4.39 Å². The van der Waals surface area contributed by atoms with Gasteiger partial charge in [-0.2, -0.15) is 0 Å². The average molecular weight is 453 g/mol. The summed E-state index contributed by atoms with van der Waals surface area (Å²) in [7, 11) is 0. The summed E-state index contributed by atoms with van der Waals surface area (Å²) in [6, 6.07) is 19.3. The zero-order valence-corrected chi connectivity index (χ0v) is 18.1. The number of hydrogen-bond donors (Lipinski definition) is 1. The van der Waals surface area contributed by atoms with Gasteiger partial charge in [-0.3, -0.25) is 9.36 Å². The molecule has 0 bridgehead atoms. The Labute approximate surface area is 188 Å². The van der Waals surface area contributed by atoms with E-state index in [0.717, 1.165) is 5.69 Å². The lowest BCUT2D eigenvalue weighted by Crippen LogP contribution is -2.30. The highest BCUT2D eigenvalue weighted by molar-refractivity contribution is 8.00. The van der Waals surface area contributed by atoms with Crippen LogP contribution in [0.2, 0.25) is 0 Å². The van der Waals surface area contributed by atoms with Crippen molar-refractivity contribution < 1.29 is 18.3 Å². The van der Waals surface area contributed by atoms with Gasteiger partial charge in [0, 0.05) is 5.69 Å². The summed E-state index contributed by atoms with van der Waals surface area (Å²) in [6.07, 6.45) is 1.56.